The van der Waals surface area contributed by atoms with Crippen molar-refractivity contribution in [2.24, 2.45) is 0 Å². The minimum atomic E-state index is -0.0909. The number of rotatable bonds is 3. The molecule has 0 aliphatic carbocycles. The lowest BCUT2D eigenvalue weighted by Gasteiger charge is -2.19. The predicted molar refractivity (Wildman–Crippen MR) is 101 cm³/mol. The van der Waals surface area contributed by atoms with Gasteiger partial charge in [0.2, 0.25) is 5.91 Å². The quantitative estimate of drug-likeness (QED) is 0.766. The van der Waals surface area contributed by atoms with Crippen LogP contribution in [0.3, 0.4) is 0 Å². The van der Waals surface area contributed by atoms with Crippen LogP contribution >= 0.6 is 23.1 Å². The van der Waals surface area contributed by atoms with Crippen molar-refractivity contribution in [2.75, 3.05) is 18.1 Å². The number of carbonyl (C=O) groups is 2. The second-order valence-corrected chi connectivity index (χ2v) is 7.92. The van der Waals surface area contributed by atoms with Crippen molar-refractivity contribution < 1.29 is 9.59 Å². The first kappa shape index (κ1) is 16.1. The summed E-state index contributed by atoms with van der Waals surface area (Å²) in [5, 5.41) is 3.72. The zero-order valence-electron chi connectivity index (χ0n) is 13.5. The number of hydrogen-bond donors (Lipinski definition) is 1. The van der Waals surface area contributed by atoms with Gasteiger partial charge in [-0.25, -0.2) is 4.98 Å². The first-order valence-corrected chi connectivity index (χ1v) is 9.57. The van der Waals surface area contributed by atoms with Crippen LogP contribution < -0.4 is 5.32 Å². The van der Waals surface area contributed by atoms with E-state index in [1.807, 2.05) is 30.3 Å². The van der Waals surface area contributed by atoms with Crippen LogP contribution in [0.25, 0.3) is 10.2 Å². The molecule has 0 atom stereocenters. The van der Waals surface area contributed by atoms with Crippen molar-refractivity contribution in [3.8, 4) is 0 Å². The largest absolute Gasteiger partial charge is 0.335 e. The highest BCUT2D eigenvalue weighted by atomic mass is 32.2. The van der Waals surface area contributed by atoms with E-state index in [1.54, 1.807) is 35.4 Å². The molecule has 2 aromatic carbocycles. The van der Waals surface area contributed by atoms with Gasteiger partial charge >= 0.3 is 0 Å². The number of thioether (sulfide) groups is 1. The SMILES string of the molecule is CN(Cc1nc2ccccc2s1)C(=O)c1ccc2c(c1)NC(=O)CS2. The molecule has 0 bridgehead atoms. The third-order valence-electron chi connectivity index (χ3n) is 3.92. The van der Waals surface area contributed by atoms with Crippen molar-refractivity contribution in [2.45, 2.75) is 11.4 Å². The number of thiazole rings is 1. The van der Waals surface area contributed by atoms with Gasteiger partial charge in [0, 0.05) is 17.5 Å². The van der Waals surface area contributed by atoms with Gasteiger partial charge < -0.3 is 10.2 Å². The predicted octanol–water partition coefficient (Wildman–Crippen LogP) is 3.61. The smallest absolute Gasteiger partial charge is 0.254 e. The lowest BCUT2D eigenvalue weighted by Crippen LogP contribution is -2.26. The maximum Gasteiger partial charge on any atom is 0.254 e. The standard InChI is InChI=1S/C18H15N3O2S2/c1-21(9-17-20-12-4-2-3-5-15(12)25-17)18(23)11-6-7-14-13(8-11)19-16(22)10-24-14/h2-8H,9-10H2,1H3,(H,19,22). The molecule has 0 radical (unpaired) electrons. The van der Waals surface area contributed by atoms with E-state index in [1.165, 1.54) is 11.8 Å². The van der Waals surface area contributed by atoms with Crippen molar-refractivity contribution in [3.05, 3.63) is 53.0 Å². The van der Waals surface area contributed by atoms with Crippen LogP contribution in [0, 0.1) is 0 Å². The van der Waals surface area contributed by atoms with Crippen LogP contribution in [0.1, 0.15) is 15.4 Å². The molecule has 0 saturated heterocycles. The topological polar surface area (TPSA) is 62.3 Å². The molecular weight excluding hydrogens is 354 g/mol. The van der Waals surface area contributed by atoms with E-state index in [4.69, 9.17) is 0 Å². The first-order chi connectivity index (χ1) is 12.1. The van der Waals surface area contributed by atoms with Crippen LogP contribution in [0.5, 0.6) is 0 Å². The Morgan fingerprint density at radius 2 is 2.12 bits per heavy atom. The number of fused-ring (bicyclic) bond motifs is 2. The average Bonchev–Trinajstić information content (AvgIpc) is 3.02. The maximum absolute atomic E-state index is 12.7. The maximum atomic E-state index is 12.7. The molecule has 3 aromatic rings. The van der Waals surface area contributed by atoms with Crippen LogP contribution in [-0.2, 0) is 11.3 Å². The second-order valence-electron chi connectivity index (χ2n) is 5.78. The summed E-state index contributed by atoms with van der Waals surface area (Å²) in [7, 11) is 1.77. The molecule has 0 unspecified atom stereocenters. The summed E-state index contributed by atoms with van der Waals surface area (Å²) < 4.78 is 1.12. The highest BCUT2D eigenvalue weighted by Gasteiger charge is 2.19. The van der Waals surface area contributed by atoms with Gasteiger partial charge in [-0.15, -0.1) is 23.1 Å². The third kappa shape index (κ3) is 3.25. The van der Waals surface area contributed by atoms with Gasteiger partial charge in [0.25, 0.3) is 5.91 Å². The van der Waals surface area contributed by atoms with Crippen LogP contribution in [-0.4, -0.2) is 34.5 Å². The number of anilines is 1. The normalized spacial score (nSPS) is 13.4. The molecule has 1 aliphatic heterocycles. The van der Waals surface area contributed by atoms with Crippen molar-refractivity contribution in [3.63, 3.8) is 0 Å². The van der Waals surface area contributed by atoms with Gasteiger partial charge in [0.05, 0.1) is 28.2 Å². The molecule has 25 heavy (non-hydrogen) atoms. The molecule has 0 saturated carbocycles. The van der Waals surface area contributed by atoms with E-state index in [-0.39, 0.29) is 11.8 Å². The fourth-order valence-electron chi connectivity index (χ4n) is 2.70. The van der Waals surface area contributed by atoms with Crippen LogP contribution in [0.4, 0.5) is 5.69 Å². The Hall–Kier alpha value is -2.38. The molecule has 0 fully saturated rings. The van der Waals surface area contributed by atoms with Gasteiger partial charge in [-0.05, 0) is 30.3 Å². The molecule has 1 aliphatic rings. The average molecular weight is 369 g/mol. The fourth-order valence-corrected chi connectivity index (χ4v) is 4.51. The Bertz CT molecular complexity index is 950. The number of nitrogens with zero attached hydrogens (tertiary/aromatic N) is 2. The molecule has 0 spiro atoms. The number of carbonyl (C=O) groups excluding carboxylic acids is 2. The lowest BCUT2D eigenvalue weighted by molar-refractivity contribution is -0.113. The fraction of sp³-hybridized carbons (Fsp3) is 0.167. The summed E-state index contributed by atoms with van der Waals surface area (Å²) in [5.74, 6) is 0.287. The van der Waals surface area contributed by atoms with E-state index in [0.29, 0.717) is 23.5 Å². The van der Waals surface area contributed by atoms with Gasteiger partial charge in [0.15, 0.2) is 0 Å². The van der Waals surface area contributed by atoms with E-state index >= 15 is 0 Å². The number of nitrogens with one attached hydrogen (secondary N) is 1. The molecular formula is C18H15N3O2S2. The highest BCUT2D eigenvalue weighted by Crippen LogP contribution is 2.32. The molecule has 7 heteroatoms. The van der Waals surface area contributed by atoms with Crippen molar-refractivity contribution >= 4 is 50.8 Å². The summed E-state index contributed by atoms with van der Waals surface area (Å²) >= 11 is 3.08. The third-order valence-corrected chi connectivity index (χ3v) is 6.01. The number of aromatic nitrogens is 1. The Kier molecular flexibility index (Phi) is 4.19. The van der Waals surface area contributed by atoms with E-state index in [2.05, 4.69) is 10.3 Å². The minimum Gasteiger partial charge on any atom is -0.335 e. The van der Waals surface area contributed by atoms with Crippen LogP contribution in [0.2, 0.25) is 0 Å². The van der Waals surface area contributed by atoms with Crippen LogP contribution in [0.15, 0.2) is 47.4 Å². The summed E-state index contributed by atoms with van der Waals surface area (Å²) in [6.07, 6.45) is 0. The number of para-hydroxylation sites is 1. The second kappa shape index (κ2) is 6.50. The minimum absolute atomic E-state index is 0.0371. The van der Waals surface area contributed by atoms with Crippen molar-refractivity contribution in [1.29, 1.82) is 0 Å². The molecule has 1 N–H and O–H groups in total. The van der Waals surface area contributed by atoms with E-state index in [9.17, 15) is 9.59 Å². The van der Waals surface area contributed by atoms with E-state index in [0.717, 1.165) is 20.1 Å². The summed E-state index contributed by atoms with van der Waals surface area (Å²) in [4.78, 5) is 31.5. The Balaban J connectivity index is 1.53. The Morgan fingerprint density at radius 3 is 2.96 bits per heavy atom. The highest BCUT2D eigenvalue weighted by molar-refractivity contribution is 8.00. The monoisotopic (exact) mass is 369 g/mol. The van der Waals surface area contributed by atoms with Gasteiger partial charge in [-0.1, -0.05) is 12.1 Å². The molecule has 2 amide bonds. The number of benzene rings is 2. The first-order valence-electron chi connectivity index (χ1n) is 7.77. The Labute approximate surface area is 153 Å². The molecule has 2 heterocycles. The van der Waals surface area contributed by atoms with Crippen molar-refractivity contribution in [1.82, 2.24) is 9.88 Å². The summed E-state index contributed by atoms with van der Waals surface area (Å²) in [6, 6.07) is 13.4. The van der Waals surface area contributed by atoms with E-state index < -0.39 is 0 Å². The summed E-state index contributed by atoms with van der Waals surface area (Å²) in [6.45, 7) is 0.455. The molecule has 5 nitrogen and oxygen atoms in total. The lowest BCUT2D eigenvalue weighted by atomic mass is 10.1. The number of amides is 2. The van der Waals surface area contributed by atoms with Gasteiger partial charge in [0.1, 0.15) is 5.01 Å². The number of hydrogen-bond acceptors (Lipinski definition) is 5. The summed E-state index contributed by atoms with van der Waals surface area (Å²) in [5.41, 5.74) is 2.22. The van der Waals surface area contributed by atoms with Gasteiger partial charge in [-0.2, -0.15) is 0 Å². The molecule has 126 valence electrons. The molecule has 1 aromatic heterocycles. The zero-order chi connectivity index (χ0) is 17.4. The van der Waals surface area contributed by atoms with Gasteiger partial charge in [-0.3, -0.25) is 9.59 Å². The Morgan fingerprint density at radius 1 is 1.28 bits per heavy atom. The molecule has 4 rings (SSSR count). The zero-order valence-corrected chi connectivity index (χ0v) is 15.1.